The minimum atomic E-state index is -0.349. The van der Waals surface area contributed by atoms with Crippen LogP contribution in [0.25, 0.3) is 16.9 Å². The van der Waals surface area contributed by atoms with Crippen LogP contribution in [0, 0.1) is 12.8 Å². The van der Waals surface area contributed by atoms with E-state index in [9.17, 15) is 9.59 Å². The molecule has 1 heterocycles. The van der Waals surface area contributed by atoms with E-state index in [1.165, 1.54) is 0 Å². The van der Waals surface area contributed by atoms with Crippen molar-refractivity contribution in [2.75, 3.05) is 18.4 Å². The molecule has 0 unspecified atom stereocenters. The lowest BCUT2D eigenvalue weighted by Gasteiger charge is -2.24. The number of nitrogens with zero attached hydrogens (tertiary/aromatic N) is 3. The SMILES string of the molecule is Cc1ccc(C(=O)N(CC(=O)Nc2nc(-c3ccc(Cl)cc3)cn2-c2cccc(Cl)c2)CC(C)C)cc1. The van der Waals surface area contributed by atoms with E-state index < -0.39 is 0 Å². The van der Waals surface area contributed by atoms with Crippen molar-refractivity contribution in [1.29, 1.82) is 0 Å². The molecule has 1 aromatic heterocycles. The van der Waals surface area contributed by atoms with Crippen LogP contribution in [0.15, 0.2) is 79.0 Å². The van der Waals surface area contributed by atoms with Crippen LogP contribution in [-0.4, -0.2) is 39.4 Å². The zero-order valence-corrected chi connectivity index (χ0v) is 22.4. The van der Waals surface area contributed by atoms with Gasteiger partial charge in [0.2, 0.25) is 11.9 Å². The molecule has 0 radical (unpaired) electrons. The fourth-order valence-electron chi connectivity index (χ4n) is 3.93. The Kier molecular flexibility index (Phi) is 8.31. The third-order valence-electron chi connectivity index (χ3n) is 5.69. The summed E-state index contributed by atoms with van der Waals surface area (Å²) in [5.74, 6) is -0.0295. The number of hydrogen-bond donors (Lipinski definition) is 1. The Labute approximate surface area is 226 Å². The Morgan fingerprint density at radius 3 is 2.32 bits per heavy atom. The first-order valence-corrected chi connectivity index (χ1v) is 12.7. The number of carbonyl (C=O) groups is 2. The van der Waals surface area contributed by atoms with E-state index in [4.69, 9.17) is 23.2 Å². The van der Waals surface area contributed by atoms with Gasteiger partial charge in [-0.3, -0.25) is 19.5 Å². The molecule has 4 aromatic rings. The molecule has 2 amide bonds. The summed E-state index contributed by atoms with van der Waals surface area (Å²) in [6.45, 7) is 6.32. The molecule has 0 fully saturated rings. The van der Waals surface area contributed by atoms with Gasteiger partial charge in [0, 0.05) is 39.6 Å². The molecule has 0 aliphatic rings. The number of hydrogen-bond acceptors (Lipinski definition) is 3. The van der Waals surface area contributed by atoms with Gasteiger partial charge >= 0.3 is 0 Å². The Morgan fingerprint density at radius 1 is 0.973 bits per heavy atom. The predicted octanol–water partition coefficient (Wildman–Crippen LogP) is 6.89. The van der Waals surface area contributed by atoms with Crippen LogP contribution in [0.1, 0.15) is 29.8 Å². The molecular formula is C29H28Cl2N4O2. The van der Waals surface area contributed by atoms with Gasteiger partial charge in [0.15, 0.2) is 0 Å². The molecule has 37 heavy (non-hydrogen) atoms. The van der Waals surface area contributed by atoms with E-state index in [1.54, 1.807) is 45.9 Å². The number of halogens is 2. The normalized spacial score (nSPS) is 11.0. The average molecular weight is 535 g/mol. The second-order valence-electron chi connectivity index (χ2n) is 9.30. The maximum absolute atomic E-state index is 13.2. The van der Waals surface area contributed by atoms with Crippen LogP contribution in [0.3, 0.4) is 0 Å². The van der Waals surface area contributed by atoms with Crippen molar-refractivity contribution in [2.24, 2.45) is 5.92 Å². The molecule has 0 spiro atoms. The Morgan fingerprint density at radius 2 is 1.68 bits per heavy atom. The first-order chi connectivity index (χ1) is 17.7. The van der Waals surface area contributed by atoms with Crippen molar-refractivity contribution < 1.29 is 9.59 Å². The Bertz CT molecular complexity index is 1400. The highest BCUT2D eigenvalue weighted by Gasteiger charge is 2.22. The molecule has 0 saturated heterocycles. The van der Waals surface area contributed by atoms with Gasteiger partial charge in [-0.05, 0) is 55.3 Å². The van der Waals surface area contributed by atoms with Crippen LogP contribution in [-0.2, 0) is 4.79 Å². The summed E-state index contributed by atoms with van der Waals surface area (Å²) in [5, 5.41) is 4.08. The summed E-state index contributed by atoms with van der Waals surface area (Å²) in [5.41, 5.74) is 3.85. The number of imidazole rings is 1. The summed E-state index contributed by atoms with van der Waals surface area (Å²) < 4.78 is 1.77. The largest absolute Gasteiger partial charge is 0.329 e. The number of rotatable bonds is 8. The van der Waals surface area contributed by atoms with Gasteiger partial charge in [0.1, 0.15) is 6.54 Å². The van der Waals surface area contributed by atoms with Gasteiger partial charge in [0.05, 0.1) is 5.69 Å². The van der Waals surface area contributed by atoms with Crippen LogP contribution in [0.5, 0.6) is 0 Å². The van der Waals surface area contributed by atoms with E-state index >= 15 is 0 Å². The van der Waals surface area contributed by atoms with Gasteiger partial charge in [-0.25, -0.2) is 4.98 Å². The van der Waals surface area contributed by atoms with E-state index in [2.05, 4.69) is 10.3 Å². The Balaban J connectivity index is 1.62. The average Bonchev–Trinajstić information content (AvgIpc) is 3.27. The van der Waals surface area contributed by atoms with Gasteiger partial charge in [-0.2, -0.15) is 0 Å². The lowest BCUT2D eigenvalue weighted by atomic mass is 10.1. The van der Waals surface area contributed by atoms with E-state index in [-0.39, 0.29) is 24.3 Å². The summed E-state index contributed by atoms with van der Waals surface area (Å²) in [6.07, 6.45) is 1.83. The minimum absolute atomic E-state index is 0.108. The molecule has 0 bridgehead atoms. The number of amides is 2. The zero-order valence-electron chi connectivity index (χ0n) is 20.9. The second-order valence-corrected chi connectivity index (χ2v) is 10.2. The second kappa shape index (κ2) is 11.6. The van der Waals surface area contributed by atoms with E-state index in [1.807, 2.05) is 63.4 Å². The van der Waals surface area contributed by atoms with Crippen molar-refractivity contribution in [3.05, 3.63) is 100 Å². The van der Waals surface area contributed by atoms with Gasteiger partial charge < -0.3 is 4.90 Å². The van der Waals surface area contributed by atoms with Crippen molar-refractivity contribution in [1.82, 2.24) is 14.5 Å². The number of aromatic nitrogens is 2. The summed E-state index contributed by atoms with van der Waals surface area (Å²) >= 11 is 12.3. The Hall–Kier alpha value is -3.61. The van der Waals surface area contributed by atoms with Crippen molar-refractivity contribution in [3.63, 3.8) is 0 Å². The quantitative estimate of drug-likeness (QED) is 0.267. The highest BCUT2D eigenvalue weighted by atomic mass is 35.5. The predicted molar refractivity (Wildman–Crippen MR) is 150 cm³/mol. The van der Waals surface area contributed by atoms with Crippen molar-refractivity contribution in [2.45, 2.75) is 20.8 Å². The standard InChI is InChI=1S/C29H28Cl2N4O2/c1-19(2)16-34(28(37)22-9-7-20(3)8-10-22)18-27(36)33-29-32-26(21-11-13-23(30)14-12-21)17-35(29)25-6-4-5-24(31)15-25/h4-15,17,19H,16,18H2,1-3H3,(H,32,33,36). The smallest absolute Gasteiger partial charge is 0.254 e. The van der Waals surface area contributed by atoms with Crippen molar-refractivity contribution in [3.8, 4) is 16.9 Å². The maximum Gasteiger partial charge on any atom is 0.254 e. The number of nitrogens with one attached hydrogen (secondary N) is 1. The lowest BCUT2D eigenvalue weighted by molar-refractivity contribution is -0.117. The monoisotopic (exact) mass is 534 g/mol. The molecule has 190 valence electrons. The molecule has 1 N–H and O–H groups in total. The third-order valence-corrected chi connectivity index (χ3v) is 6.18. The van der Waals surface area contributed by atoms with Crippen LogP contribution in [0.4, 0.5) is 5.95 Å². The number of carbonyl (C=O) groups excluding carboxylic acids is 2. The molecule has 0 aliphatic heterocycles. The fourth-order valence-corrected chi connectivity index (χ4v) is 4.24. The maximum atomic E-state index is 13.2. The topological polar surface area (TPSA) is 67.2 Å². The van der Waals surface area contributed by atoms with E-state index in [0.29, 0.717) is 33.8 Å². The van der Waals surface area contributed by atoms with Crippen LogP contribution in [0.2, 0.25) is 10.0 Å². The van der Waals surface area contributed by atoms with Crippen LogP contribution >= 0.6 is 23.2 Å². The van der Waals surface area contributed by atoms with Gasteiger partial charge in [-0.15, -0.1) is 0 Å². The summed E-state index contributed by atoms with van der Waals surface area (Å²) in [7, 11) is 0. The third kappa shape index (κ3) is 6.79. The molecule has 0 saturated carbocycles. The highest BCUT2D eigenvalue weighted by molar-refractivity contribution is 6.31. The summed E-state index contributed by atoms with van der Waals surface area (Å²) in [6, 6.07) is 21.9. The zero-order chi connectivity index (χ0) is 26.5. The molecule has 3 aromatic carbocycles. The van der Waals surface area contributed by atoms with Crippen molar-refractivity contribution >= 4 is 41.0 Å². The summed E-state index contributed by atoms with van der Waals surface area (Å²) in [4.78, 5) is 32.7. The van der Waals surface area contributed by atoms with Gasteiger partial charge in [0.25, 0.3) is 5.91 Å². The molecule has 8 heteroatoms. The van der Waals surface area contributed by atoms with E-state index in [0.717, 1.165) is 16.8 Å². The lowest BCUT2D eigenvalue weighted by Crippen LogP contribution is -2.40. The molecule has 4 rings (SSSR count). The highest BCUT2D eigenvalue weighted by Crippen LogP contribution is 2.26. The number of aryl methyl sites for hydroxylation is 1. The fraction of sp³-hybridized carbons (Fsp3) is 0.207. The minimum Gasteiger partial charge on any atom is -0.329 e. The number of benzene rings is 3. The van der Waals surface area contributed by atoms with Gasteiger partial charge in [-0.1, -0.05) is 72.9 Å². The molecule has 6 nitrogen and oxygen atoms in total. The first-order valence-electron chi connectivity index (χ1n) is 12.0. The van der Waals surface area contributed by atoms with Crippen LogP contribution < -0.4 is 5.32 Å². The molecular weight excluding hydrogens is 507 g/mol. The number of anilines is 1. The first kappa shape index (κ1) is 26.5. The molecule has 0 aliphatic carbocycles. The molecule has 0 atom stereocenters.